The number of hydrogen-bond donors (Lipinski definition) is 4. The molecule has 0 aliphatic carbocycles. The molecule has 32 nitrogen and oxygen atoms in total. The van der Waals surface area contributed by atoms with Crippen LogP contribution in [0, 0.1) is 35.5 Å². The first-order valence-electron chi connectivity index (χ1n) is 26.3. The molecule has 14 atom stereocenters. The summed E-state index contributed by atoms with van der Waals surface area (Å²) in [6.07, 6.45) is -10.1. The van der Waals surface area contributed by atoms with Crippen LogP contribution in [0.1, 0.15) is 66.2 Å². The highest BCUT2D eigenvalue weighted by Crippen LogP contribution is 2.28. The van der Waals surface area contributed by atoms with Crippen molar-refractivity contribution in [3.8, 4) is 0 Å². The topological polar surface area (TPSA) is 440 Å². The van der Waals surface area contributed by atoms with Gasteiger partial charge in [0, 0.05) is 13.2 Å². The van der Waals surface area contributed by atoms with E-state index in [-0.39, 0.29) is 25.4 Å². The van der Waals surface area contributed by atoms with Crippen LogP contribution in [0.5, 0.6) is 0 Å². The van der Waals surface area contributed by atoms with E-state index in [4.69, 9.17) is 47.4 Å². The smallest absolute Gasteiger partial charge is 0.348 e. The van der Waals surface area contributed by atoms with Gasteiger partial charge in [-0.3, -0.25) is 47.9 Å². The van der Waals surface area contributed by atoms with Crippen molar-refractivity contribution < 1.29 is 154 Å². The Labute approximate surface area is 483 Å². The summed E-state index contributed by atoms with van der Waals surface area (Å²) in [7, 11) is 6.15. The summed E-state index contributed by atoms with van der Waals surface area (Å²) in [5, 5.41) is 39.3. The number of epoxide rings is 2. The molecule has 84 heavy (non-hydrogen) atoms. The highest BCUT2D eigenvalue weighted by atomic mass is 16.6. The van der Waals surface area contributed by atoms with Gasteiger partial charge in [0.1, 0.15) is 50.5 Å². The molecule has 2 aliphatic heterocycles. The summed E-state index contributed by atoms with van der Waals surface area (Å²) in [4.78, 5) is 151. The third kappa shape index (κ3) is 30.2. The molecule has 0 aromatic heterocycles. The SMILES string of the molecule is COC(=O)CC(C(=O)OCC(O)COCCC1CO1)C(CC(=O)OC(C(=O)OC)C(C)C(=O)OC)C(=O)OCC(C)O.COC(=O)CC(C(=O)OCC(O)COCCC1CO1)C(CC(=O)OC(C(=O)OC)C(C)C(=O)OC)C(=O)OCC(C)O. The van der Waals surface area contributed by atoms with E-state index in [1.165, 1.54) is 27.7 Å². The molecule has 480 valence electrons. The predicted octanol–water partition coefficient (Wildman–Crippen LogP) is -2.60. The molecule has 2 aliphatic rings. The summed E-state index contributed by atoms with van der Waals surface area (Å²) < 4.78 is 78.7. The number of esters is 12. The maximum atomic E-state index is 13.1. The molecule has 14 unspecified atom stereocenters. The maximum absolute atomic E-state index is 13.1. The third-order valence-corrected chi connectivity index (χ3v) is 12.0. The largest absolute Gasteiger partial charge is 0.469 e. The zero-order valence-electron chi connectivity index (χ0n) is 48.6. The number of carbonyl (C=O) groups is 12. The average Bonchev–Trinajstić information content (AvgIpc) is 4.48. The molecule has 2 fully saturated rings. The monoisotopic (exact) mass is 1220 g/mol. The van der Waals surface area contributed by atoms with E-state index < -0.39 is 196 Å². The van der Waals surface area contributed by atoms with Gasteiger partial charge in [0.15, 0.2) is 0 Å². The molecule has 0 radical (unpaired) electrons. The standard InChI is InChI=1S/2C26H40O16/c2*1-14(27)10-40-24(32)19(9-21(30)42-22(26(34)37-5)15(2)23(31)36-4)18(8-20(29)35-3)25(33)41-12-16(28)11-38-7-6-17-13-39-17/h2*14-19,22,27-28H,6-13H2,1-5H3. The second-order valence-corrected chi connectivity index (χ2v) is 19.0. The van der Waals surface area contributed by atoms with Gasteiger partial charge in [-0.25, -0.2) is 9.59 Å². The van der Waals surface area contributed by atoms with Crippen molar-refractivity contribution >= 4 is 71.6 Å². The first-order chi connectivity index (χ1) is 39.7. The van der Waals surface area contributed by atoms with E-state index in [9.17, 15) is 78.0 Å². The predicted molar refractivity (Wildman–Crippen MR) is 272 cm³/mol. The Morgan fingerprint density at radius 1 is 0.381 bits per heavy atom. The fourth-order valence-electron chi connectivity index (χ4n) is 7.01. The van der Waals surface area contributed by atoms with Crippen molar-refractivity contribution in [1.29, 1.82) is 0 Å². The molecule has 2 saturated heterocycles. The first kappa shape index (κ1) is 75.3. The first-order valence-corrected chi connectivity index (χ1v) is 26.3. The van der Waals surface area contributed by atoms with Crippen LogP contribution in [0.4, 0.5) is 0 Å². The van der Waals surface area contributed by atoms with E-state index in [1.807, 2.05) is 0 Å². The van der Waals surface area contributed by atoms with Crippen LogP contribution in [0.25, 0.3) is 0 Å². The Morgan fingerprint density at radius 2 is 0.655 bits per heavy atom. The number of ether oxygens (including phenoxy) is 16. The van der Waals surface area contributed by atoms with Crippen LogP contribution in [-0.2, 0) is 133 Å². The lowest BCUT2D eigenvalue weighted by Crippen LogP contribution is -2.41. The number of aliphatic hydroxyl groups is 4. The van der Waals surface area contributed by atoms with Crippen LogP contribution in [0.15, 0.2) is 0 Å². The lowest BCUT2D eigenvalue weighted by molar-refractivity contribution is -0.178. The minimum absolute atomic E-state index is 0.128. The van der Waals surface area contributed by atoms with Gasteiger partial charge in [0.25, 0.3) is 0 Å². The molecule has 0 bridgehead atoms. The maximum Gasteiger partial charge on any atom is 0.348 e. The number of rotatable bonds is 40. The Bertz CT molecular complexity index is 1970. The number of hydrogen-bond acceptors (Lipinski definition) is 32. The van der Waals surface area contributed by atoms with Gasteiger partial charge in [-0.15, -0.1) is 0 Å². The van der Waals surface area contributed by atoms with Gasteiger partial charge in [0.2, 0.25) is 12.2 Å². The molecule has 2 rings (SSSR count). The quantitative estimate of drug-likeness (QED) is 0.0211. The summed E-state index contributed by atoms with van der Waals surface area (Å²) >= 11 is 0. The Kier molecular flexibility index (Phi) is 36.4. The van der Waals surface area contributed by atoms with Gasteiger partial charge < -0.3 is 96.2 Å². The van der Waals surface area contributed by atoms with Crippen molar-refractivity contribution in [3.05, 3.63) is 0 Å². The van der Waals surface area contributed by atoms with Gasteiger partial charge in [-0.2, -0.15) is 0 Å². The summed E-state index contributed by atoms with van der Waals surface area (Å²) in [5.41, 5.74) is 0. The molecule has 0 amide bonds. The minimum Gasteiger partial charge on any atom is -0.469 e. The molecule has 0 saturated carbocycles. The van der Waals surface area contributed by atoms with Gasteiger partial charge in [0.05, 0.1) is 143 Å². The van der Waals surface area contributed by atoms with Crippen LogP contribution in [0.3, 0.4) is 0 Å². The molecule has 0 aromatic carbocycles. The molecule has 0 aromatic rings. The normalized spacial score (nSPS) is 18.2. The lowest BCUT2D eigenvalue weighted by Gasteiger charge is -2.25. The minimum atomic E-state index is -1.77. The van der Waals surface area contributed by atoms with Crippen LogP contribution < -0.4 is 0 Å². The van der Waals surface area contributed by atoms with Crippen molar-refractivity contribution in [3.63, 3.8) is 0 Å². The summed E-state index contributed by atoms with van der Waals surface area (Å²) in [5.74, 6) is -22.5. The van der Waals surface area contributed by atoms with Crippen LogP contribution >= 0.6 is 0 Å². The van der Waals surface area contributed by atoms with Crippen molar-refractivity contribution in [2.24, 2.45) is 35.5 Å². The van der Waals surface area contributed by atoms with Crippen molar-refractivity contribution in [2.45, 2.75) is 115 Å². The van der Waals surface area contributed by atoms with E-state index in [2.05, 4.69) is 28.4 Å². The molecule has 2 heterocycles. The second kappa shape index (κ2) is 40.6. The van der Waals surface area contributed by atoms with E-state index in [1.54, 1.807) is 0 Å². The highest BCUT2D eigenvalue weighted by Gasteiger charge is 2.44. The summed E-state index contributed by atoms with van der Waals surface area (Å²) in [6.45, 7) is 4.47. The Hall–Kier alpha value is -6.68. The molecule has 4 N–H and O–H groups in total. The molecule has 32 heteroatoms. The van der Waals surface area contributed by atoms with Gasteiger partial charge in [-0.05, 0) is 40.5 Å². The number of methoxy groups -OCH3 is 6. The van der Waals surface area contributed by atoms with E-state index in [0.717, 1.165) is 42.7 Å². The summed E-state index contributed by atoms with van der Waals surface area (Å²) in [6, 6.07) is 0. The molecule has 0 spiro atoms. The average molecular weight is 1220 g/mol. The number of aliphatic hydroxyl groups excluding tert-OH is 4. The Morgan fingerprint density at radius 3 is 0.905 bits per heavy atom. The third-order valence-electron chi connectivity index (χ3n) is 12.0. The van der Waals surface area contributed by atoms with Crippen LogP contribution in [-0.4, -0.2) is 250 Å². The van der Waals surface area contributed by atoms with Crippen LogP contribution in [0.2, 0.25) is 0 Å². The zero-order chi connectivity index (χ0) is 63.6. The van der Waals surface area contributed by atoms with E-state index in [0.29, 0.717) is 39.3 Å². The van der Waals surface area contributed by atoms with Crippen molar-refractivity contribution in [1.82, 2.24) is 0 Å². The lowest BCUT2D eigenvalue weighted by atomic mass is 9.86. The second-order valence-electron chi connectivity index (χ2n) is 19.0. The van der Waals surface area contributed by atoms with Gasteiger partial charge >= 0.3 is 71.6 Å². The van der Waals surface area contributed by atoms with E-state index >= 15 is 0 Å². The molecular weight excluding hydrogens is 1140 g/mol. The highest BCUT2D eigenvalue weighted by molar-refractivity contribution is 5.92. The Balaban J connectivity index is 0.000000840. The van der Waals surface area contributed by atoms with Crippen molar-refractivity contribution in [2.75, 3.05) is 109 Å². The molecular formula is C52H80O32. The fourth-order valence-corrected chi connectivity index (χ4v) is 7.01. The number of carbonyl (C=O) groups excluding carboxylic acids is 12. The van der Waals surface area contributed by atoms with Gasteiger partial charge in [-0.1, -0.05) is 0 Å². The fraction of sp³-hybridized carbons (Fsp3) is 0.769. The zero-order valence-corrected chi connectivity index (χ0v) is 48.6.